The molecule has 2 rings (SSSR count). The van der Waals surface area contributed by atoms with Gasteiger partial charge in [-0.05, 0) is 68.0 Å². The van der Waals surface area contributed by atoms with Gasteiger partial charge in [0.15, 0.2) is 0 Å². The Labute approximate surface area is 154 Å². The van der Waals surface area contributed by atoms with Gasteiger partial charge in [0.25, 0.3) is 0 Å². The molecule has 2 aromatic rings. The largest absolute Gasteiger partial charge is 0.394 e. The molecule has 0 saturated heterocycles. The Morgan fingerprint density at radius 3 is 2.58 bits per heavy atom. The Kier molecular flexibility index (Phi) is 7.17. The minimum atomic E-state index is -0.507. The average molecular weight is 364 g/mol. The van der Waals surface area contributed by atoms with E-state index in [0.717, 1.165) is 41.2 Å². The third-order valence-electron chi connectivity index (χ3n) is 4.12. The molecule has 24 heavy (non-hydrogen) atoms. The molecule has 0 saturated carbocycles. The zero-order chi connectivity index (χ0) is 17.6. The summed E-state index contributed by atoms with van der Waals surface area (Å²) in [6.45, 7) is 4.05. The van der Waals surface area contributed by atoms with Gasteiger partial charge in [-0.3, -0.25) is 0 Å². The molecule has 0 spiro atoms. The summed E-state index contributed by atoms with van der Waals surface area (Å²) in [7, 11) is 0. The summed E-state index contributed by atoms with van der Waals surface area (Å²) >= 11 is 8.18. The summed E-state index contributed by atoms with van der Waals surface area (Å²) in [4.78, 5) is 2.39. The maximum absolute atomic E-state index is 9.21. The molecular weight excluding hydrogens is 338 g/mol. The van der Waals surface area contributed by atoms with Crippen molar-refractivity contribution in [3.8, 4) is 0 Å². The van der Waals surface area contributed by atoms with Gasteiger partial charge in [0.1, 0.15) is 0 Å². The van der Waals surface area contributed by atoms with Crippen LogP contribution < -0.4 is 5.73 Å². The molecule has 1 atom stereocenters. The Bertz CT molecular complexity index is 672. The second-order valence-corrected chi connectivity index (χ2v) is 8.08. The SMILES string of the molecule is CCc1cccc(Sc2ccc(CCCC(C)(N)CO)c(Cl)c2)c1. The predicted octanol–water partition coefficient (Wildman–Crippen LogP) is 5.09. The van der Waals surface area contributed by atoms with Crippen molar-refractivity contribution in [1.82, 2.24) is 0 Å². The minimum absolute atomic E-state index is 0.00708. The first-order valence-electron chi connectivity index (χ1n) is 8.38. The van der Waals surface area contributed by atoms with Crippen LogP contribution in [-0.4, -0.2) is 17.3 Å². The van der Waals surface area contributed by atoms with Crippen molar-refractivity contribution >= 4 is 23.4 Å². The zero-order valence-electron chi connectivity index (χ0n) is 14.4. The van der Waals surface area contributed by atoms with Crippen LogP contribution in [0.3, 0.4) is 0 Å². The van der Waals surface area contributed by atoms with Gasteiger partial charge in [0.2, 0.25) is 0 Å². The highest BCUT2D eigenvalue weighted by atomic mass is 35.5. The van der Waals surface area contributed by atoms with E-state index in [9.17, 15) is 5.11 Å². The average Bonchev–Trinajstić information content (AvgIpc) is 2.57. The molecule has 0 aliphatic carbocycles. The first-order chi connectivity index (χ1) is 11.4. The van der Waals surface area contributed by atoms with Crippen LogP contribution in [0.4, 0.5) is 0 Å². The third kappa shape index (κ3) is 5.82. The lowest BCUT2D eigenvalue weighted by Crippen LogP contribution is -2.40. The highest BCUT2D eigenvalue weighted by Crippen LogP contribution is 2.32. The smallest absolute Gasteiger partial charge is 0.0608 e. The van der Waals surface area contributed by atoms with E-state index in [1.54, 1.807) is 11.8 Å². The molecule has 0 bridgehead atoms. The van der Waals surface area contributed by atoms with Crippen LogP contribution in [0.1, 0.15) is 37.8 Å². The van der Waals surface area contributed by atoms with Gasteiger partial charge >= 0.3 is 0 Å². The van der Waals surface area contributed by atoms with E-state index >= 15 is 0 Å². The van der Waals surface area contributed by atoms with E-state index in [-0.39, 0.29) is 6.61 Å². The number of halogens is 1. The molecule has 0 aliphatic heterocycles. The van der Waals surface area contributed by atoms with Crippen LogP contribution in [0.15, 0.2) is 52.3 Å². The summed E-state index contributed by atoms with van der Waals surface area (Å²) in [6, 6.07) is 14.9. The van der Waals surface area contributed by atoms with Crippen LogP contribution in [0.5, 0.6) is 0 Å². The lowest BCUT2D eigenvalue weighted by atomic mass is 9.95. The van der Waals surface area contributed by atoms with Gasteiger partial charge in [-0.15, -0.1) is 0 Å². The summed E-state index contributed by atoms with van der Waals surface area (Å²) < 4.78 is 0. The van der Waals surface area contributed by atoms with Gasteiger partial charge in [-0.2, -0.15) is 0 Å². The van der Waals surface area contributed by atoms with E-state index in [2.05, 4.69) is 43.3 Å². The maximum Gasteiger partial charge on any atom is 0.0608 e. The summed E-state index contributed by atoms with van der Waals surface area (Å²) in [6.07, 6.45) is 3.61. The van der Waals surface area contributed by atoms with Crippen LogP contribution in [0, 0.1) is 0 Å². The number of aryl methyl sites for hydroxylation is 2. The van der Waals surface area contributed by atoms with Crippen molar-refractivity contribution in [2.75, 3.05) is 6.61 Å². The number of hydrogen-bond donors (Lipinski definition) is 2. The fraction of sp³-hybridized carbons (Fsp3) is 0.400. The van der Waals surface area contributed by atoms with Gasteiger partial charge in [-0.25, -0.2) is 0 Å². The van der Waals surface area contributed by atoms with Crippen molar-refractivity contribution in [1.29, 1.82) is 0 Å². The fourth-order valence-corrected chi connectivity index (χ4v) is 3.80. The predicted molar refractivity (Wildman–Crippen MR) is 104 cm³/mol. The van der Waals surface area contributed by atoms with Crippen LogP contribution in [-0.2, 0) is 12.8 Å². The van der Waals surface area contributed by atoms with E-state index < -0.39 is 5.54 Å². The van der Waals surface area contributed by atoms with Gasteiger partial charge in [0.05, 0.1) is 6.61 Å². The molecule has 3 N–H and O–H groups in total. The van der Waals surface area contributed by atoms with E-state index in [0.29, 0.717) is 0 Å². The molecule has 0 aromatic heterocycles. The van der Waals surface area contributed by atoms with Crippen molar-refractivity contribution in [2.45, 2.75) is 54.9 Å². The number of hydrogen-bond acceptors (Lipinski definition) is 3. The van der Waals surface area contributed by atoms with Crippen molar-refractivity contribution in [2.24, 2.45) is 5.73 Å². The van der Waals surface area contributed by atoms with E-state index in [1.165, 1.54) is 10.5 Å². The van der Waals surface area contributed by atoms with Crippen LogP contribution in [0.2, 0.25) is 5.02 Å². The molecule has 0 amide bonds. The summed E-state index contributed by atoms with van der Waals surface area (Å²) in [5.74, 6) is 0. The Morgan fingerprint density at radius 2 is 1.92 bits per heavy atom. The molecule has 2 aromatic carbocycles. The topological polar surface area (TPSA) is 46.2 Å². The quantitative estimate of drug-likeness (QED) is 0.687. The van der Waals surface area contributed by atoms with Crippen LogP contribution >= 0.6 is 23.4 Å². The van der Waals surface area contributed by atoms with E-state index in [4.69, 9.17) is 17.3 Å². The molecule has 1 unspecified atom stereocenters. The lowest BCUT2D eigenvalue weighted by Gasteiger charge is -2.21. The van der Waals surface area contributed by atoms with Gasteiger partial charge in [0, 0.05) is 20.4 Å². The lowest BCUT2D eigenvalue weighted by molar-refractivity contribution is 0.198. The monoisotopic (exact) mass is 363 g/mol. The van der Waals surface area contributed by atoms with Crippen LogP contribution in [0.25, 0.3) is 0 Å². The third-order valence-corrected chi connectivity index (χ3v) is 5.45. The second kappa shape index (κ2) is 8.91. The highest BCUT2D eigenvalue weighted by Gasteiger charge is 2.16. The number of aliphatic hydroxyl groups excluding tert-OH is 1. The number of rotatable bonds is 8. The number of benzene rings is 2. The number of nitrogens with two attached hydrogens (primary N) is 1. The molecule has 0 radical (unpaired) electrons. The second-order valence-electron chi connectivity index (χ2n) is 6.52. The standard InChI is InChI=1S/C20H26ClNOS/c1-3-15-6-4-8-17(12-15)24-18-10-9-16(19(21)13-18)7-5-11-20(2,22)14-23/h4,6,8-10,12-13,23H,3,5,7,11,14,22H2,1-2H3. The van der Waals surface area contributed by atoms with Crippen molar-refractivity contribution in [3.63, 3.8) is 0 Å². The summed E-state index contributed by atoms with van der Waals surface area (Å²) in [5.41, 5.74) is 7.94. The first-order valence-corrected chi connectivity index (χ1v) is 9.58. The Morgan fingerprint density at radius 1 is 1.17 bits per heavy atom. The molecule has 2 nitrogen and oxygen atoms in total. The van der Waals surface area contributed by atoms with Crippen molar-refractivity contribution in [3.05, 3.63) is 58.6 Å². The van der Waals surface area contributed by atoms with Gasteiger partial charge in [-0.1, -0.05) is 48.5 Å². The molecule has 4 heteroatoms. The Hall–Kier alpha value is -1.00. The maximum atomic E-state index is 9.21. The Balaban J connectivity index is 1.98. The highest BCUT2D eigenvalue weighted by molar-refractivity contribution is 7.99. The fourth-order valence-electron chi connectivity index (χ4n) is 2.52. The normalized spacial score (nSPS) is 13.7. The summed E-state index contributed by atoms with van der Waals surface area (Å²) in [5, 5.41) is 10.0. The van der Waals surface area contributed by atoms with E-state index in [1.807, 2.05) is 13.0 Å². The molecule has 130 valence electrons. The molecule has 0 heterocycles. The molecule has 0 fully saturated rings. The minimum Gasteiger partial charge on any atom is -0.394 e. The van der Waals surface area contributed by atoms with Crippen molar-refractivity contribution < 1.29 is 5.11 Å². The molecule has 0 aliphatic rings. The first kappa shape index (κ1) is 19.3. The van der Waals surface area contributed by atoms with Gasteiger partial charge < -0.3 is 10.8 Å². The number of aliphatic hydroxyl groups is 1. The zero-order valence-corrected chi connectivity index (χ0v) is 16.0. The molecular formula is C20H26ClNOS.